The normalized spacial score (nSPS) is 19.9. The highest BCUT2D eigenvalue weighted by atomic mass is 16.7. The zero-order valence-corrected chi connectivity index (χ0v) is 9.59. The molecule has 0 amide bonds. The van der Waals surface area contributed by atoms with E-state index in [0.29, 0.717) is 12.2 Å². The van der Waals surface area contributed by atoms with Crippen LogP contribution in [0, 0.1) is 0 Å². The first kappa shape index (κ1) is 11.9. The van der Waals surface area contributed by atoms with Crippen molar-refractivity contribution in [1.29, 1.82) is 0 Å². The number of carbonyl (C=O) groups is 1. The van der Waals surface area contributed by atoms with Gasteiger partial charge in [-0.1, -0.05) is 18.2 Å². The molecule has 4 heteroatoms. The Bertz CT molecular complexity index is 383. The molecule has 1 aromatic rings. The third-order valence-corrected chi connectivity index (χ3v) is 2.73. The number of para-hydroxylation sites is 1. The Morgan fingerprint density at radius 3 is 2.94 bits per heavy atom. The number of aromatic hydroxyl groups is 1. The molecule has 0 saturated carbocycles. The minimum Gasteiger partial charge on any atom is -0.508 e. The van der Waals surface area contributed by atoms with Crippen LogP contribution in [0.5, 0.6) is 5.75 Å². The molecule has 1 fully saturated rings. The van der Waals surface area contributed by atoms with Crippen LogP contribution in [-0.2, 0) is 20.7 Å². The Morgan fingerprint density at radius 2 is 2.24 bits per heavy atom. The number of hydrogen-bond donors (Lipinski definition) is 1. The second-order valence-corrected chi connectivity index (χ2v) is 4.09. The fourth-order valence-electron chi connectivity index (χ4n) is 1.81. The van der Waals surface area contributed by atoms with Crippen LogP contribution >= 0.6 is 0 Å². The minimum absolute atomic E-state index is 0.0759. The number of rotatable bonds is 3. The third-order valence-electron chi connectivity index (χ3n) is 2.73. The predicted molar refractivity (Wildman–Crippen MR) is 61.5 cm³/mol. The Balaban J connectivity index is 1.86. The van der Waals surface area contributed by atoms with Crippen molar-refractivity contribution in [3.63, 3.8) is 0 Å². The van der Waals surface area contributed by atoms with Gasteiger partial charge in [-0.05, 0) is 18.9 Å². The van der Waals surface area contributed by atoms with Crippen LogP contribution in [0.1, 0.15) is 24.8 Å². The molecule has 1 aliphatic heterocycles. The van der Waals surface area contributed by atoms with E-state index in [1.807, 2.05) is 0 Å². The highest BCUT2D eigenvalue weighted by Gasteiger charge is 2.18. The van der Waals surface area contributed by atoms with Gasteiger partial charge >= 0.3 is 5.97 Å². The molecule has 0 bridgehead atoms. The van der Waals surface area contributed by atoms with Crippen molar-refractivity contribution in [2.45, 2.75) is 32.0 Å². The Labute approximate surface area is 100 Å². The van der Waals surface area contributed by atoms with Crippen molar-refractivity contribution in [2.75, 3.05) is 6.61 Å². The Kier molecular flexibility index (Phi) is 3.98. The zero-order chi connectivity index (χ0) is 12.1. The van der Waals surface area contributed by atoms with Crippen LogP contribution < -0.4 is 0 Å². The second-order valence-electron chi connectivity index (χ2n) is 4.09. The maximum absolute atomic E-state index is 11.6. The lowest BCUT2D eigenvalue weighted by atomic mass is 10.1. The standard InChI is InChI=1S/C13H16O4/c14-11-6-2-1-5-10(11)9-12(15)17-13-7-3-4-8-16-13/h1-2,5-6,13-14H,3-4,7-9H2. The first-order chi connectivity index (χ1) is 8.25. The SMILES string of the molecule is O=C(Cc1ccccc1O)OC1CCCCO1. The summed E-state index contributed by atoms with van der Waals surface area (Å²) in [6, 6.07) is 6.76. The maximum Gasteiger partial charge on any atom is 0.312 e. The summed E-state index contributed by atoms with van der Waals surface area (Å²) < 4.78 is 10.5. The van der Waals surface area contributed by atoms with E-state index >= 15 is 0 Å². The average molecular weight is 236 g/mol. The molecule has 2 rings (SSSR count). The van der Waals surface area contributed by atoms with Crippen LogP contribution in [-0.4, -0.2) is 24.0 Å². The van der Waals surface area contributed by atoms with E-state index in [-0.39, 0.29) is 18.1 Å². The van der Waals surface area contributed by atoms with E-state index in [0.717, 1.165) is 19.3 Å². The molecule has 1 aliphatic rings. The van der Waals surface area contributed by atoms with Gasteiger partial charge in [-0.2, -0.15) is 0 Å². The van der Waals surface area contributed by atoms with Crippen molar-refractivity contribution in [2.24, 2.45) is 0 Å². The Morgan fingerprint density at radius 1 is 1.41 bits per heavy atom. The van der Waals surface area contributed by atoms with Gasteiger partial charge in [0.1, 0.15) is 5.75 Å². The summed E-state index contributed by atoms with van der Waals surface area (Å²) >= 11 is 0. The molecule has 0 aromatic heterocycles. The molecule has 1 heterocycles. The van der Waals surface area contributed by atoms with Crippen molar-refractivity contribution < 1.29 is 19.4 Å². The van der Waals surface area contributed by atoms with E-state index < -0.39 is 6.29 Å². The summed E-state index contributed by atoms with van der Waals surface area (Å²) in [6.45, 7) is 0.647. The summed E-state index contributed by atoms with van der Waals surface area (Å²) in [4.78, 5) is 11.6. The molecule has 4 nitrogen and oxygen atoms in total. The van der Waals surface area contributed by atoms with Crippen LogP contribution in [0.15, 0.2) is 24.3 Å². The molecule has 1 atom stereocenters. The van der Waals surface area contributed by atoms with Crippen LogP contribution in [0.4, 0.5) is 0 Å². The summed E-state index contributed by atoms with van der Waals surface area (Å²) in [6.07, 6.45) is 2.46. The van der Waals surface area contributed by atoms with E-state index in [2.05, 4.69) is 0 Å². The summed E-state index contributed by atoms with van der Waals surface area (Å²) in [7, 11) is 0. The molecule has 92 valence electrons. The number of esters is 1. The highest BCUT2D eigenvalue weighted by Crippen LogP contribution is 2.18. The molecule has 0 radical (unpaired) electrons. The molecular formula is C13H16O4. The number of carbonyl (C=O) groups excluding carboxylic acids is 1. The zero-order valence-electron chi connectivity index (χ0n) is 9.59. The van der Waals surface area contributed by atoms with Crippen LogP contribution in [0.3, 0.4) is 0 Å². The number of ether oxygens (including phenoxy) is 2. The van der Waals surface area contributed by atoms with Gasteiger partial charge in [0.25, 0.3) is 0 Å². The molecular weight excluding hydrogens is 220 g/mol. The number of phenols is 1. The fourth-order valence-corrected chi connectivity index (χ4v) is 1.81. The lowest BCUT2D eigenvalue weighted by Crippen LogP contribution is -2.26. The molecule has 0 spiro atoms. The molecule has 1 saturated heterocycles. The molecule has 17 heavy (non-hydrogen) atoms. The van der Waals surface area contributed by atoms with E-state index in [4.69, 9.17) is 9.47 Å². The molecule has 1 N–H and O–H groups in total. The van der Waals surface area contributed by atoms with Gasteiger partial charge in [-0.15, -0.1) is 0 Å². The van der Waals surface area contributed by atoms with Crippen LogP contribution in [0.25, 0.3) is 0 Å². The van der Waals surface area contributed by atoms with E-state index in [1.54, 1.807) is 24.3 Å². The summed E-state index contributed by atoms with van der Waals surface area (Å²) in [5.41, 5.74) is 0.577. The van der Waals surface area contributed by atoms with E-state index in [9.17, 15) is 9.90 Å². The molecule has 1 unspecified atom stereocenters. The first-order valence-electron chi connectivity index (χ1n) is 5.83. The van der Waals surface area contributed by atoms with Gasteiger partial charge < -0.3 is 14.6 Å². The smallest absolute Gasteiger partial charge is 0.312 e. The van der Waals surface area contributed by atoms with Gasteiger partial charge in [0.15, 0.2) is 0 Å². The van der Waals surface area contributed by atoms with Crippen molar-refractivity contribution in [3.05, 3.63) is 29.8 Å². The largest absolute Gasteiger partial charge is 0.508 e. The lowest BCUT2D eigenvalue weighted by Gasteiger charge is -2.22. The van der Waals surface area contributed by atoms with Crippen molar-refractivity contribution >= 4 is 5.97 Å². The highest BCUT2D eigenvalue weighted by molar-refractivity contribution is 5.73. The van der Waals surface area contributed by atoms with Crippen molar-refractivity contribution in [1.82, 2.24) is 0 Å². The fraction of sp³-hybridized carbons (Fsp3) is 0.462. The molecule has 0 aliphatic carbocycles. The number of phenolic OH excluding ortho intramolecular Hbond substituents is 1. The van der Waals surface area contributed by atoms with Crippen LogP contribution in [0.2, 0.25) is 0 Å². The van der Waals surface area contributed by atoms with Gasteiger partial charge in [-0.25, -0.2) is 0 Å². The number of hydrogen-bond acceptors (Lipinski definition) is 4. The quantitative estimate of drug-likeness (QED) is 0.815. The topological polar surface area (TPSA) is 55.8 Å². The molecule has 1 aromatic carbocycles. The lowest BCUT2D eigenvalue weighted by molar-refractivity contribution is -0.186. The maximum atomic E-state index is 11.6. The Hall–Kier alpha value is -1.55. The second kappa shape index (κ2) is 5.68. The third kappa shape index (κ3) is 3.46. The van der Waals surface area contributed by atoms with Gasteiger partial charge in [-0.3, -0.25) is 4.79 Å². The van der Waals surface area contributed by atoms with Gasteiger partial charge in [0.2, 0.25) is 6.29 Å². The van der Waals surface area contributed by atoms with Crippen molar-refractivity contribution in [3.8, 4) is 5.75 Å². The van der Waals surface area contributed by atoms with Gasteiger partial charge in [0.05, 0.1) is 13.0 Å². The predicted octanol–water partition coefficient (Wildman–Crippen LogP) is 2.00. The monoisotopic (exact) mass is 236 g/mol. The van der Waals surface area contributed by atoms with E-state index in [1.165, 1.54) is 0 Å². The van der Waals surface area contributed by atoms with Gasteiger partial charge in [0, 0.05) is 12.0 Å². The minimum atomic E-state index is -0.415. The number of benzene rings is 1. The summed E-state index contributed by atoms with van der Waals surface area (Å²) in [5.74, 6) is -0.243. The first-order valence-corrected chi connectivity index (χ1v) is 5.83. The average Bonchev–Trinajstić information content (AvgIpc) is 2.33. The summed E-state index contributed by atoms with van der Waals surface area (Å²) in [5, 5.41) is 9.53.